The number of thiazole rings is 1. The molecule has 2 heterocycles. The Morgan fingerprint density at radius 3 is 2.45 bits per heavy atom. The minimum Gasteiger partial charge on any atom is -0.395 e. The highest BCUT2D eigenvalue weighted by Crippen LogP contribution is 2.24. The third kappa shape index (κ3) is 3.93. The number of hydrogen-bond acceptors (Lipinski definition) is 5. The van der Waals surface area contributed by atoms with Crippen LogP contribution in [0.15, 0.2) is 29.6 Å². The molecule has 1 fully saturated rings. The van der Waals surface area contributed by atoms with E-state index in [0.717, 1.165) is 50.0 Å². The SMILES string of the molecule is Cc1ccc(-c2nc(CN3CCN(CCO)CC3)cs2)cc1. The summed E-state index contributed by atoms with van der Waals surface area (Å²) < 4.78 is 0. The van der Waals surface area contributed by atoms with Crippen molar-refractivity contribution in [1.82, 2.24) is 14.8 Å². The number of aliphatic hydroxyl groups excluding tert-OH is 1. The molecule has 0 saturated carbocycles. The Balaban J connectivity index is 1.57. The average molecular weight is 317 g/mol. The van der Waals surface area contributed by atoms with Gasteiger partial charge in [0.1, 0.15) is 5.01 Å². The quantitative estimate of drug-likeness (QED) is 0.918. The van der Waals surface area contributed by atoms with Gasteiger partial charge in [0.2, 0.25) is 0 Å². The van der Waals surface area contributed by atoms with E-state index < -0.39 is 0 Å². The van der Waals surface area contributed by atoms with Gasteiger partial charge in [-0.25, -0.2) is 4.98 Å². The van der Waals surface area contributed by atoms with E-state index >= 15 is 0 Å². The maximum atomic E-state index is 8.98. The monoisotopic (exact) mass is 317 g/mol. The van der Waals surface area contributed by atoms with Gasteiger partial charge in [0.25, 0.3) is 0 Å². The first kappa shape index (κ1) is 15.6. The molecule has 0 amide bonds. The van der Waals surface area contributed by atoms with Gasteiger partial charge in [-0.05, 0) is 6.92 Å². The molecule has 1 saturated heterocycles. The number of hydrogen-bond donors (Lipinski definition) is 1. The highest BCUT2D eigenvalue weighted by atomic mass is 32.1. The first-order valence-corrected chi connectivity index (χ1v) is 8.69. The maximum Gasteiger partial charge on any atom is 0.123 e. The first-order valence-electron chi connectivity index (χ1n) is 7.81. The molecule has 22 heavy (non-hydrogen) atoms. The first-order chi connectivity index (χ1) is 10.7. The van der Waals surface area contributed by atoms with E-state index in [-0.39, 0.29) is 6.61 Å². The molecule has 3 rings (SSSR count). The molecule has 0 radical (unpaired) electrons. The Kier molecular flexibility index (Phi) is 5.20. The van der Waals surface area contributed by atoms with Gasteiger partial charge in [-0.2, -0.15) is 0 Å². The molecule has 1 aromatic heterocycles. The summed E-state index contributed by atoms with van der Waals surface area (Å²) in [6.45, 7) is 8.26. The summed E-state index contributed by atoms with van der Waals surface area (Å²) in [5, 5.41) is 12.3. The second-order valence-corrected chi connectivity index (χ2v) is 6.71. The van der Waals surface area contributed by atoms with Crippen molar-refractivity contribution >= 4 is 11.3 Å². The number of aliphatic hydroxyl groups is 1. The number of nitrogens with zero attached hydrogens (tertiary/aromatic N) is 3. The van der Waals surface area contributed by atoms with E-state index in [1.807, 2.05) is 0 Å². The molecule has 118 valence electrons. The fraction of sp³-hybridized carbons (Fsp3) is 0.471. The Labute approximate surface area is 136 Å². The number of benzene rings is 1. The minimum atomic E-state index is 0.256. The molecule has 4 nitrogen and oxygen atoms in total. The van der Waals surface area contributed by atoms with Crippen molar-refractivity contribution in [3.05, 3.63) is 40.9 Å². The largest absolute Gasteiger partial charge is 0.395 e. The number of β-amino-alcohol motifs (C(OH)–C–C–N with tert-alkyl or cyclic N) is 1. The standard InChI is InChI=1S/C17H23N3OS/c1-14-2-4-15(5-3-14)17-18-16(13-22-17)12-20-8-6-19(7-9-20)10-11-21/h2-5,13,21H,6-12H2,1H3. The topological polar surface area (TPSA) is 39.6 Å². The van der Waals surface area contributed by atoms with Gasteiger partial charge >= 0.3 is 0 Å². The van der Waals surface area contributed by atoms with Gasteiger partial charge < -0.3 is 5.11 Å². The fourth-order valence-electron chi connectivity index (χ4n) is 2.75. The molecule has 1 aliphatic rings. The lowest BCUT2D eigenvalue weighted by molar-refractivity contribution is 0.108. The van der Waals surface area contributed by atoms with Crippen molar-refractivity contribution in [1.29, 1.82) is 0 Å². The minimum absolute atomic E-state index is 0.256. The third-order valence-corrected chi connectivity index (χ3v) is 5.06. The zero-order chi connectivity index (χ0) is 15.4. The van der Waals surface area contributed by atoms with Crippen molar-refractivity contribution in [2.75, 3.05) is 39.3 Å². The molecule has 1 N–H and O–H groups in total. The third-order valence-electron chi connectivity index (χ3n) is 4.12. The molecule has 0 aliphatic carbocycles. The summed E-state index contributed by atoms with van der Waals surface area (Å²) in [7, 11) is 0. The normalized spacial score (nSPS) is 17.0. The Morgan fingerprint density at radius 2 is 1.77 bits per heavy atom. The van der Waals surface area contributed by atoms with Crippen LogP contribution in [-0.4, -0.2) is 59.2 Å². The molecule has 2 aromatic rings. The van der Waals surface area contributed by atoms with Crippen molar-refractivity contribution in [2.24, 2.45) is 0 Å². The van der Waals surface area contributed by atoms with Crippen molar-refractivity contribution in [3.8, 4) is 10.6 Å². The fourth-order valence-corrected chi connectivity index (χ4v) is 3.57. The smallest absolute Gasteiger partial charge is 0.123 e. The predicted molar refractivity (Wildman–Crippen MR) is 91.1 cm³/mol. The summed E-state index contributed by atoms with van der Waals surface area (Å²) in [4.78, 5) is 9.54. The van der Waals surface area contributed by atoms with E-state index in [9.17, 15) is 0 Å². The highest BCUT2D eigenvalue weighted by Gasteiger charge is 2.17. The van der Waals surface area contributed by atoms with Gasteiger partial charge in [-0.1, -0.05) is 29.8 Å². The molecule has 0 unspecified atom stereocenters. The molecular weight excluding hydrogens is 294 g/mol. The van der Waals surface area contributed by atoms with Crippen LogP contribution in [0.3, 0.4) is 0 Å². The van der Waals surface area contributed by atoms with E-state index in [1.54, 1.807) is 11.3 Å². The van der Waals surface area contributed by atoms with Crippen LogP contribution in [0.4, 0.5) is 0 Å². The van der Waals surface area contributed by atoms with Gasteiger partial charge in [0.15, 0.2) is 0 Å². The number of rotatable bonds is 5. The van der Waals surface area contributed by atoms with E-state index in [4.69, 9.17) is 10.1 Å². The highest BCUT2D eigenvalue weighted by molar-refractivity contribution is 7.13. The lowest BCUT2D eigenvalue weighted by Gasteiger charge is -2.33. The second-order valence-electron chi connectivity index (χ2n) is 5.85. The zero-order valence-corrected chi connectivity index (χ0v) is 13.9. The van der Waals surface area contributed by atoms with Crippen molar-refractivity contribution in [3.63, 3.8) is 0 Å². The van der Waals surface area contributed by atoms with Gasteiger partial charge in [-0.15, -0.1) is 11.3 Å². The number of piperazine rings is 1. The molecule has 0 atom stereocenters. The summed E-state index contributed by atoms with van der Waals surface area (Å²) in [6.07, 6.45) is 0. The van der Waals surface area contributed by atoms with Crippen LogP contribution < -0.4 is 0 Å². The van der Waals surface area contributed by atoms with Crippen LogP contribution in [0.1, 0.15) is 11.3 Å². The van der Waals surface area contributed by atoms with E-state index in [1.165, 1.54) is 11.1 Å². The van der Waals surface area contributed by atoms with Crippen LogP contribution in [0, 0.1) is 6.92 Å². The van der Waals surface area contributed by atoms with Crippen molar-refractivity contribution < 1.29 is 5.11 Å². The molecular formula is C17H23N3OS. The van der Waals surface area contributed by atoms with Crippen LogP contribution in [-0.2, 0) is 6.54 Å². The number of aryl methyl sites for hydroxylation is 1. The summed E-state index contributed by atoms with van der Waals surface area (Å²) in [5.41, 5.74) is 3.65. The van der Waals surface area contributed by atoms with Crippen LogP contribution in [0.2, 0.25) is 0 Å². The van der Waals surface area contributed by atoms with Crippen molar-refractivity contribution in [2.45, 2.75) is 13.5 Å². The van der Waals surface area contributed by atoms with E-state index in [2.05, 4.69) is 46.4 Å². The molecule has 5 heteroatoms. The predicted octanol–water partition coefficient (Wildman–Crippen LogP) is 2.23. The Morgan fingerprint density at radius 1 is 1.09 bits per heavy atom. The lowest BCUT2D eigenvalue weighted by Crippen LogP contribution is -2.46. The summed E-state index contributed by atoms with van der Waals surface area (Å²) >= 11 is 1.72. The molecule has 1 aliphatic heterocycles. The van der Waals surface area contributed by atoms with Crippen LogP contribution in [0.5, 0.6) is 0 Å². The lowest BCUT2D eigenvalue weighted by atomic mass is 10.2. The molecule has 0 spiro atoms. The number of aromatic nitrogens is 1. The Hall–Kier alpha value is -1.27. The Bertz CT molecular complexity index is 588. The maximum absolute atomic E-state index is 8.98. The van der Waals surface area contributed by atoms with Crippen LogP contribution >= 0.6 is 11.3 Å². The van der Waals surface area contributed by atoms with Crippen LogP contribution in [0.25, 0.3) is 10.6 Å². The van der Waals surface area contributed by atoms with E-state index in [0.29, 0.717) is 0 Å². The van der Waals surface area contributed by atoms with Gasteiger partial charge in [0.05, 0.1) is 12.3 Å². The van der Waals surface area contributed by atoms with Gasteiger partial charge in [-0.3, -0.25) is 9.80 Å². The average Bonchev–Trinajstić information content (AvgIpc) is 2.99. The summed E-state index contributed by atoms with van der Waals surface area (Å²) in [5.74, 6) is 0. The second kappa shape index (κ2) is 7.33. The zero-order valence-electron chi connectivity index (χ0n) is 13.0. The molecule has 1 aromatic carbocycles. The van der Waals surface area contributed by atoms with Gasteiger partial charge in [0, 0.05) is 50.2 Å². The molecule has 0 bridgehead atoms. The summed E-state index contributed by atoms with van der Waals surface area (Å²) in [6, 6.07) is 8.56.